The van der Waals surface area contributed by atoms with Crippen LogP contribution in [0.4, 0.5) is 0 Å². The number of rotatable bonds is 5. The maximum absolute atomic E-state index is 12.2. The lowest BCUT2D eigenvalue weighted by Crippen LogP contribution is -2.22. The third kappa shape index (κ3) is 3.40. The number of benzene rings is 1. The monoisotopic (exact) mass is 323 g/mol. The van der Waals surface area contributed by atoms with Gasteiger partial charge in [-0.1, -0.05) is 0 Å². The molecule has 4 rings (SSSR count). The Labute approximate surface area is 138 Å². The molecule has 1 amide bonds. The van der Waals surface area contributed by atoms with E-state index in [0.717, 1.165) is 22.0 Å². The van der Waals surface area contributed by atoms with Crippen molar-refractivity contribution in [3.05, 3.63) is 59.9 Å². The Kier molecular flexibility index (Phi) is 3.79. The second-order valence-electron chi connectivity index (χ2n) is 5.76. The smallest absolute Gasteiger partial charge is 0.251 e. The van der Waals surface area contributed by atoms with Gasteiger partial charge >= 0.3 is 0 Å². The highest BCUT2D eigenvalue weighted by Crippen LogP contribution is 2.38. The van der Waals surface area contributed by atoms with Gasteiger partial charge in [0.25, 0.3) is 5.91 Å². The fourth-order valence-corrected chi connectivity index (χ4v) is 3.50. The largest absolute Gasteiger partial charge is 0.356 e. The van der Waals surface area contributed by atoms with Crippen molar-refractivity contribution in [2.75, 3.05) is 0 Å². The highest BCUT2D eigenvalue weighted by Gasteiger charge is 2.22. The number of thioether (sulfide) groups is 1. The molecule has 0 atom stereocenters. The molecule has 1 aromatic carbocycles. The third-order valence-electron chi connectivity index (χ3n) is 3.83. The van der Waals surface area contributed by atoms with Crippen LogP contribution in [0.25, 0.3) is 11.0 Å². The van der Waals surface area contributed by atoms with Crippen molar-refractivity contribution >= 4 is 28.7 Å². The number of hydrogen-bond acceptors (Lipinski definition) is 3. The minimum absolute atomic E-state index is 0.0559. The number of fused-ring (bicyclic) bond motifs is 1. The van der Waals surface area contributed by atoms with Gasteiger partial charge in [-0.15, -0.1) is 11.8 Å². The van der Waals surface area contributed by atoms with E-state index in [0.29, 0.717) is 12.1 Å². The summed E-state index contributed by atoms with van der Waals surface area (Å²) in [7, 11) is 0. The number of aromatic amines is 1. The van der Waals surface area contributed by atoms with Gasteiger partial charge in [-0.25, -0.2) is 0 Å². The first-order chi connectivity index (χ1) is 11.3. The number of nitrogens with zero attached hydrogens (tertiary/aromatic N) is 1. The van der Waals surface area contributed by atoms with E-state index in [1.807, 2.05) is 54.2 Å². The zero-order chi connectivity index (χ0) is 15.6. The summed E-state index contributed by atoms with van der Waals surface area (Å²) < 4.78 is 0. The van der Waals surface area contributed by atoms with Crippen LogP contribution in [0, 0.1) is 0 Å². The van der Waals surface area contributed by atoms with Crippen LogP contribution in [0.3, 0.4) is 0 Å². The number of pyridine rings is 1. The Morgan fingerprint density at radius 2 is 2.09 bits per heavy atom. The number of carbonyl (C=O) groups is 1. The number of aromatic nitrogens is 2. The lowest BCUT2D eigenvalue weighted by atomic mass is 10.2. The van der Waals surface area contributed by atoms with Crippen molar-refractivity contribution in [2.45, 2.75) is 29.5 Å². The molecule has 2 N–H and O–H groups in total. The van der Waals surface area contributed by atoms with Gasteiger partial charge in [-0.3, -0.25) is 9.78 Å². The van der Waals surface area contributed by atoms with E-state index in [1.165, 1.54) is 17.7 Å². The first-order valence-corrected chi connectivity index (χ1v) is 8.63. The molecule has 0 bridgehead atoms. The van der Waals surface area contributed by atoms with Crippen LogP contribution in [-0.4, -0.2) is 21.1 Å². The summed E-state index contributed by atoms with van der Waals surface area (Å²) in [6.45, 7) is 0.466. The van der Waals surface area contributed by atoms with Crippen molar-refractivity contribution in [2.24, 2.45) is 0 Å². The maximum Gasteiger partial charge on any atom is 0.251 e. The third-order valence-corrected chi connectivity index (χ3v) is 5.18. The van der Waals surface area contributed by atoms with Crippen LogP contribution in [0.2, 0.25) is 0 Å². The second-order valence-corrected chi connectivity index (χ2v) is 7.13. The topological polar surface area (TPSA) is 57.8 Å². The van der Waals surface area contributed by atoms with Gasteiger partial charge in [-0.2, -0.15) is 0 Å². The normalized spacial score (nSPS) is 14.1. The quantitative estimate of drug-likeness (QED) is 0.752. The van der Waals surface area contributed by atoms with Gasteiger partial charge in [0.15, 0.2) is 0 Å². The van der Waals surface area contributed by atoms with Crippen molar-refractivity contribution < 1.29 is 4.79 Å². The van der Waals surface area contributed by atoms with Crippen molar-refractivity contribution in [3.63, 3.8) is 0 Å². The van der Waals surface area contributed by atoms with Crippen LogP contribution in [0.15, 0.2) is 53.6 Å². The van der Waals surface area contributed by atoms with Gasteiger partial charge in [0.05, 0.1) is 17.6 Å². The first-order valence-electron chi connectivity index (χ1n) is 7.75. The molecule has 0 aliphatic heterocycles. The van der Waals surface area contributed by atoms with Crippen LogP contribution < -0.4 is 5.32 Å². The lowest BCUT2D eigenvalue weighted by molar-refractivity contribution is 0.0950. The molecule has 1 aliphatic carbocycles. The van der Waals surface area contributed by atoms with Crippen LogP contribution >= 0.6 is 11.8 Å². The minimum Gasteiger partial charge on any atom is -0.356 e. The molecule has 0 unspecified atom stereocenters. The van der Waals surface area contributed by atoms with Gasteiger partial charge in [-0.05, 0) is 55.3 Å². The second kappa shape index (κ2) is 6.08. The summed E-state index contributed by atoms with van der Waals surface area (Å²) >= 11 is 1.90. The molecule has 4 nitrogen and oxygen atoms in total. The minimum atomic E-state index is -0.0559. The van der Waals surface area contributed by atoms with E-state index in [9.17, 15) is 4.79 Å². The van der Waals surface area contributed by atoms with Crippen LogP contribution in [0.1, 0.15) is 28.9 Å². The summed E-state index contributed by atoms with van der Waals surface area (Å²) in [5, 5.41) is 3.73. The zero-order valence-corrected chi connectivity index (χ0v) is 13.4. The Morgan fingerprint density at radius 3 is 2.83 bits per heavy atom. The predicted octanol–water partition coefficient (Wildman–Crippen LogP) is 3.75. The maximum atomic E-state index is 12.2. The van der Waals surface area contributed by atoms with Gasteiger partial charge < -0.3 is 10.3 Å². The van der Waals surface area contributed by atoms with Crippen LogP contribution in [-0.2, 0) is 6.54 Å². The summed E-state index contributed by atoms with van der Waals surface area (Å²) in [4.78, 5) is 21.0. The predicted molar refractivity (Wildman–Crippen MR) is 92.6 cm³/mol. The summed E-state index contributed by atoms with van der Waals surface area (Å²) in [5.74, 6) is -0.0559. The van der Waals surface area contributed by atoms with E-state index >= 15 is 0 Å². The van der Waals surface area contributed by atoms with Crippen molar-refractivity contribution in [1.29, 1.82) is 0 Å². The highest BCUT2D eigenvalue weighted by atomic mass is 32.2. The van der Waals surface area contributed by atoms with E-state index in [1.54, 1.807) is 6.20 Å². The van der Waals surface area contributed by atoms with Crippen molar-refractivity contribution in [3.8, 4) is 0 Å². The fraction of sp³-hybridized carbons (Fsp3) is 0.222. The average Bonchev–Trinajstić information content (AvgIpc) is 3.29. The summed E-state index contributed by atoms with van der Waals surface area (Å²) in [5.41, 5.74) is 3.55. The molecule has 116 valence electrons. The highest BCUT2D eigenvalue weighted by molar-refractivity contribution is 8.00. The summed E-state index contributed by atoms with van der Waals surface area (Å²) in [6, 6.07) is 13.7. The van der Waals surface area contributed by atoms with Gasteiger partial charge in [0.2, 0.25) is 0 Å². The molecule has 2 aromatic heterocycles. The molecule has 0 spiro atoms. The van der Waals surface area contributed by atoms with Gasteiger partial charge in [0, 0.05) is 27.6 Å². The average molecular weight is 323 g/mol. The SMILES string of the molecule is O=C(NCc1cc2ncccc2[nH]1)c1ccc(SC2CC2)cc1. The Bertz CT molecular complexity index is 804. The van der Waals surface area contributed by atoms with Crippen molar-refractivity contribution in [1.82, 2.24) is 15.3 Å². The van der Waals surface area contributed by atoms with Gasteiger partial charge in [0.1, 0.15) is 0 Å². The molecule has 23 heavy (non-hydrogen) atoms. The number of amides is 1. The Morgan fingerprint density at radius 1 is 1.26 bits per heavy atom. The molecule has 2 heterocycles. The molecular formula is C18H17N3OS. The Balaban J connectivity index is 1.38. The molecule has 1 fully saturated rings. The number of carbonyl (C=O) groups excluding carboxylic acids is 1. The molecule has 0 saturated heterocycles. The molecule has 0 radical (unpaired) electrons. The van der Waals surface area contributed by atoms with E-state index in [4.69, 9.17) is 0 Å². The molecule has 3 aromatic rings. The molecular weight excluding hydrogens is 306 g/mol. The number of H-pyrrole nitrogens is 1. The molecule has 1 saturated carbocycles. The van der Waals surface area contributed by atoms with Crippen LogP contribution in [0.5, 0.6) is 0 Å². The standard InChI is InChI=1S/C18H17N3OS/c22-18(12-3-5-14(6-4-12)23-15-7-8-15)20-11-13-10-17-16(21-13)2-1-9-19-17/h1-6,9-10,15,21H,7-8,11H2,(H,20,22). The molecule has 5 heteroatoms. The van der Waals surface area contributed by atoms with E-state index in [-0.39, 0.29) is 5.91 Å². The fourth-order valence-electron chi connectivity index (χ4n) is 2.45. The number of hydrogen-bond donors (Lipinski definition) is 2. The van der Waals surface area contributed by atoms with E-state index in [2.05, 4.69) is 15.3 Å². The van der Waals surface area contributed by atoms with E-state index < -0.39 is 0 Å². The number of nitrogens with one attached hydrogen (secondary N) is 2. The molecule has 1 aliphatic rings. The Hall–Kier alpha value is -2.27. The lowest BCUT2D eigenvalue weighted by Gasteiger charge is -2.05. The zero-order valence-electron chi connectivity index (χ0n) is 12.6. The summed E-state index contributed by atoms with van der Waals surface area (Å²) in [6.07, 6.45) is 4.39. The first kappa shape index (κ1) is 14.3.